The Labute approximate surface area is 95.0 Å². The van der Waals surface area contributed by atoms with Crippen molar-refractivity contribution in [1.29, 1.82) is 0 Å². The van der Waals surface area contributed by atoms with E-state index in [-0.39, 0.29) is 41.5 Å². The molecule has 0 radical (unpaired) electrons. The van der Waals surface area contributed by atoms with Gasteiger partial charge in [-0.3, -0.25) is 14.4 Å². The summed E-state index contributed by atoms with van der Waals surface area (Å²) in [5.74, 6) is -2.12. The Hall–Kier alpha value is -0.980. The van der Waals surface area contributed by atoms with Gasteiger partial charge in [0.2, 0.25) is 0 Å². The molecule has 1 aromatic heterocycles. The zero-order chi connectivity index (χ0) is 8.97. The molecule has 1 rings (SSSR count). The zero-order valence-electron chi connectivity index (χ0n) is 5.80. The molecule has 0 aromatic carbocycles. The van der Waals surface area contributed by atoms with Crippen LogP contribution >= 0.6 is 0 Å². The molecule has 0 unspecified atom stereocenters. The number of aldehydes is 1. The Morgan fingerprint density at radius 1 is 1.38 bits per heavy atom. The van der Waals surface area contributed by atoms with E-state index in [0.29, 0.717) is 0 Å². The molecule has 0 saturated carbocycles. The molecule has 1 heterocycles. The van der Waals surface area contributed by atoms with Crippen LogP contribution < -0.4 is 0 Å². The van der Waals surface area contributed by atoms with Crippen LogP contribution in [-0.4, -0.2) is 62.8 Å². The van der Waals surface area contributed by atoms with Crippen LogP contribution in [0.15, 0.2) is 12.3 Å². The first-order chi connectivity index (χ1) is 5.75. The Kier molecular flexibility index (Phi) is 5.20. The number of ketones is 2. The molecule has 0 aliphatic carbocycles. The van der Waals surface area contributed by atoms with Gasteiger partial charge in [0.1, 0.15) is 5.69 Å². The molecule has 1 aromatic rings. The molecule has 0 saturated heterocycles. The Morgan fingerprint density at radius 2 is 2.08 bits per heavy atom. The van der Waals surface area contributed by atoms with Crippen LogP contribution in [0.1, 0.15) is 10.5 Å². The second kappa shape index (κ2) is 5.63. The van der Waals surface area contributed by atoms with Gasteiger partial charge in [0.05, 0.1) is 6.20 Å². The van der Waals surface area contributed by atoms with Gasteiger partial charge in [-0.25, -0.2) is 0 Å². The summed E-state index contributed by atoms with van der Waals surface area (Å²) >= 11 is 0. The van der Waals surface area contributed by atoms with Crippen molar-refractivity contribution in [2.75, 3.05) is 0 Å². The van der Waals surface area contributed by atoms with E-state index in [1.807, 2.05) is 0 Å². The van der Waals surface area contributed by atoms with Crippen LogP contribution in [0.4, 0.5) is 0 Å². The van der Waals surface area contributed by atoms with Gasteiger partial charge in [-0.05, 0) is 11.3 Å². The van der Waals surface area contributed by atoms with Gasteiger partial charge >= 0.3 is 29.6 Å². The maximum absolute atomic E-state index is 10.9. The quantitative estimate of drug-likeness (QED) is 0.183. The minimum absolute atomic E-state index is 0. The Morgan fingerprint density at radius 3 is 2.54 bits per heavy atom. The van der Waals surface area contributed by atoms with Gasteiger partial charge < -0.3 is 0 Å². The molecule has 0 aliphatic heterocycles. The third kappa shape index (κ3) is 3.10. The van der Waals surface area contributed by atoms with Gasteiger partial charge in [-0.1, -0.05) is 0 Å². The van der Waals surface area contributed by atoms with Crippen LogP contribution in [0, 0.1) is 0 Å². The van der Waals surface area contributed by atoms with Crippen molar-refractivity contribution in [1.82, 2.24) is 15.4 Å². The number of carbonyl (C=O) groups is 3. The maximum atomic E-state index is 10.9. The summed E-state index contributed by atoms with van der Waals surface area (Å²) in [5.41, 5.74) is -0.179. The van der Waals surface area contributed by atoms with E-state index in [4.69, 9.17) is 0 Å². The molecular formula is C6H4N3NaO3. The number of hydrogen-bond acceptors (Lipinski definition) is 6. The summed E-state index contributed by atoms with van der Waals surface area (Å²) in [6.45, 7) is 0. The summed E-state index contributed by atoms with van der Waals surface area (Å²) in [7, 11) is 0. The van der Waals surface area contributed by atoms with Crippen LogP contribution in [0.25, 0.3) is 0 Å². The van der Waals surface area contributed by atoms with Crippen LogP contribution in [-0.2, 0) is 9.59 Å². The standard InChI is InChI=1S/C6H3N3O3.Na.H/c10-3-5(11)6(12)4-1-2-7-9-8-4;;/h1-3H;;. The molecule has 0 aliphatic rings. The van der Waals surface area contributed by atoms with Gasteiger partial charge in [-0.15, -0.1) is 10.2 Å². The number of rotatable bonds is 3. The van der Waals surface area contributed by atoms with Crippen molar-refractivity contribution >= 4 is 47.4 Å². The summed E-state index contributed by atoms with van der Waals surface area (Å²) in [4.78, 5) is 31.3. The Balaban J connectivity index is 0.00000144. The topological polar surface area (TPSA) is 89.9 Å². The van der Waals surface area contributed by atoms with Gasteiger partial charge in [0, 0.05) is 0 Å². The molecule has 7 heteroatoms. The normalized spacial score (nSPS) is 8.31. The second-order valence-electron chi connectivity index (χ2n) is 1.82. The van der Waals surface area contributed by atoms with E-state index >= 15 is 0 Å². The molecule has 0 spiro atoms. The third-order valence-electron chi connectivity index (χ3n) is 1.07. The molecule has 13 heavy (non-hydrogen) atoms. The van der Waals surface area contributed by atoms with E-state index in [1.54, 1.807) is 0 Å². The van der Waals surface area contributed by atoms with Gasteiger partial charge in [0.15, 0.2) is 6.29 Å². The molecule has 6 nitrogen and oxygen atoms in total. The summed E-state index contributed by atoms with van der Waals surface area (Å²) < 4.78 is 0. The average Bonchev–Trinajstić information content (AvgIpc) is 2.17. The predicted molar refractivity (Wildman–Crippen MR) is 42.4 cm³/mol. The molecule has 62 valence electrons. The van der Waals surface area contributed by atoms with Gasteiger partial charge in [-0.2, -0.15) is 0 Å². The second-order valence-corrected chi connectivity index (χ2v) is 1.82. The Bertz CT molecular complexity index is 327. The van der Waals surface area contributed by atoms with E-state index in [9.17, 15) is 14.4 Å². The first-order valence-electron chi connectivity index (χ1n) is 2.94. The number of carbonyl (C=O) groups excluding carboxylic acids is 3. The van der Waals surface area contributed by atoms with E-state index in [1.165, 1.54) is 12.3 Å². The minimum atomic E-state index is -1.14. The van der Waals surface area contributed by atoms with Crippen LogP contribution in [0.3, 0.4) is 0 Å². The zero-order valence-corrected chi connectivity index (χ0v) is 5.80. The van der Waals surface area contributed by atoms with Crippen molar-refractivity contribution in [3.05, 3.63) is 18.0 Å². The SMILES string of the molecule is O=CC(=O)C(=O)c1ccnnn1.[NaH]. The van der Waals surface area contributed by atoms with Crippen LogP contribution in [0.2, 0.25) is 0 Å². The monoisotopic (exact) mass is 189 g/mol. The van der Waals surface area contributed by atoms with E-state index in [0.717, 1.165) is 0 Å². The van der Waals surface area contributed by atoms with Crippen molar-refractivity contribution < 1.29 is 14.4 Å². The van der Waals surface area contributed by atoms with Crippen molar-refractivity contribution in [2.45, 2.75) is 0 Å². The summed E-state index contributed by atoms with van der Waals surface area (Å²) in [6, 6.07) is 1.21. The number of Topliss-reactive ketones (excluding diaryl/α,β-unsaturated/α-hetero) is 2. The molecular weight excluding hydrogens is 185 g/mol. The fourth-order valence-electron chi connectivity index (χ4n) is 0.542. The fourth-order valence-corrected chi connectivity index (χ4v) is 0.542. The van der Waals surface area contributed by atoms with Crippen molar-refractivity contribution in [3.63, 3.8) is 0 Å². The third-order valence-corrected chi connectivity index (χ3v) is 1.07. The molecule has 0 atom stereocenters. The fraction of sp³-hybridized carbons (Fsp3) is 0. The number of nitrogens with zero attached hydrogens (tertiary/aromatic N) is 3. The molecule has 0 amide bonds. The van der Waals surface area contributed by atoms with Crippen molar-refractivity contribution in [2.24, 2.45) is 0 Å². The van der Waals surface area contributed by atoms with E-state index in [2.05, 4.69) is 15.4 Å². The molecule has 0 fully saturated rings. The average molecular weight is 189 g/mol. The predicted octanol–water partition coefficient (Wildman–Crippen LogP) is -1.83. The number of hydrogen-bond donors (Lipinski definition) is 0. The molecule has 0 bridgehead atoms. The van der Waals surface area contributed by atoms with Crippen LogP contribution in [0.5, 0.6) is 0 Å². The van der Waals surface area contributed by atoms with Gasteiger partial charge in [0.25, 0.3) is 11.6 Å². The summed E-state index contributed by atoms with van der Waals surface area (Å²) in [5, 5.41) is 9.69. The number of aromatic nitrogens is 3. The summed E-state index contributed by atoms with van der Waals surface area (Å²) in [6.07, 6.45) is 1.14. The first kappa shape index (κ1) is 12.0. The van der Waals surface area contributed by atoms with E-state index < -0.39 is 11.6 Å². The first-order valence-corrected chi connectivity index (χ1v) is 2.94. The molecule has 0 N–H and O–H groups in total. The van der Waals surface area contributed by atoms with Crippen molar-refractivity contribution in [3.8, 4) is 0 Å².